The first-order valence-electron chi connectivity index (χ1n) is 17.0. The molecule has 7 nitrogen and oxygen atoms in total. The third-order valence-electron chi connectivity index (χ3n) is 14.0. The Morgan fingerprint density at radius 2 is 1.77 bits per heavy atom. The van der Waals surface area contributed by atoms with E-state index in [1.807, 2.05) is 35.2 Å². The summed E-state index contributed by atoms with van der Waals surface area (Å²) in [5.74, 6) is 1.78. The fourth-order valence-corrected chi connectivity index (χ4v) is 11.2. The first-order valence-corrected chi connectivity index (χ1v) is 17.0. The Bertz CT molecular complexity index is 1280. The van der Waals surface area contributed by atoms with E-state index in [-0.39, 0.29) is 65.5 Å². The van der Waals surface area contributed by atoms with Crippen molar-refractivity contribution in [3.63, 3.8) is 0 Å². The summed E-state index contributed by atoms with van der Waals surface area (Å²) in [5.41, 5.74) is -0.126. The molecule has 0 N–H and O–H groups in total. The lowest BCUT2D eigenvalue weighted by atomic mass is 9.46. The largest absolute Gasteiger partial charge is 0.469 e. The number of ketones is 1. The number of methoxy groups -OCH3 is 1. The number of ether oxygens (including phenoxy) is 3. The van der Waals surface area contributed by atoms with E-state index in [2.05, 4.69) is 41.5 Å². The molecule has 2 saturated heterocycles. The van der Waals surface area contributed by atoms with Gasteiger partial charge in [-0.3, -0.25) is 9.59 Å². The van der Waals surface area contributed by atoms with Gasteiger partial charge in [0.1, 0.15) is 12.4 Å². The van der Waals surface area contributed by atoms with E-state index in [9.17, 15) is 14.4 Å². The minimum atomic E-state index is -0.508. The Morgan fingerprint density at radius 3 is 2.48 bits per heavy atom. The molecule has 1 amide bonds. The molecule has 242 valence electrons. The predicted molar refractivity (Wildman–Crippen MR) is 167 cm³/mol. The molecule has 1 aromatic carbocycles. The predicted octanol–water partition coefficient (Wildman–Crippen LogP) is 7.21. The van der Waals surface area contributed by atoms with Gasteiger partial charge in [0.05, 0.1) is 24.9 Å². The van der Waals surface area contributed by atoms with E-state index in [1.54, 1.807) is 0 Å². The fourth-order valence-electron chi connectivity index (χ4n) is 11.2. The van der Waals surface area contributed by atoms with Crippen molar-refractivity contribution in [2.24, 2.45) is 45.8 Å². The highest BCUT2D eigenvalue weighted by Crippen LogP contribution is 2.74. The second-order valence-corrected chi connectivity index (χ2v) is 16.0. The maximum absolute atomic E-state index is 13.7. The van der Waals surface area contributed by atoms with Crippen LogP contribution in [0.2, 0.25) is 0 Å². The van der Waals surface area contributed by atoms with Crippen LogP contribution in [-0.2, 0) is 30.4 Å². The SMILES string of the molecule is COC(=O)CC[C@@]1(C)C(=O)CC[C@@H]2[C@@H]1C[C@@]1(C)[C@H]2CC[C@]2(O[C@@H]3C[C@H](C)CN(C(=O)OCc4ccccc4)[C@H]3[C@H]2C)C1(C)C. The number of rotatable bonds is 5. The monoisotopic (exact) mass is 607 g/mol. The van der Waals surface area contributed by atoms with Gasteiger partial charge in [0.2, 0.25) is 0 Å². The van der Waals surface area contributed by atoms with Crippen LogP contribution in [0.15, 0.2) is 30.3 Å². The minimum Gasteiger partial charge on any atom is -0.469 e. The van der Waals surface area contributed by atoms with Crippen molar-refractivity contribution in [1.82, 2.24) is 4.90 Å². The van der Waals surface area contributed by atoms with E-state index in [4.69, 9.17) is 14.2 Å². The number of amides is 1. The molecule has 3 aliphatic carbocycles. The van der Waals surface area contributed by atoms with Gasteiger partial charge in [-0.05, 0) is 78.6 Å². The summed E-state index contributed by atoms with van der Waals surface area (Å²) >= 11 is 0. The van der Waals surface area contributed by atoms with Crippen molar-refractivity contribution in [1.29, 1.82) is 0 Å². The van der Waals surface area contributed by atoms with Crippen LogP contribution >= 0.6 is 0 Å². The van der Waals surface area contributed by atoms with Crippen molar-refractivity contribution >= 4 is 17.8 Å². The summed E-state index contributed by atoms with van der Waals surface area (Å²) < 4.78 is 18.2. The second kappa shape index (κ2) is 11.1. The van der Waals surface area contributed by atoms with Gasteiger partial charge in [0, 0.05) is 30.7 Å². The highest BCUT2D eigenvalue weighted by Gasteiger charge is 2.73. The summed E-state index contributed by atoms with van der Waals surface area (Å²) in [6.45, 7) is 14.9. The van der Waals surface area contributed by atoms with E-state index < -0.39 is 5.41 Å². The summed E-state index contributed by atoms with van der Waals surface area (Å²) in [7, 11) is 1.43. The molecular formula is C37H53NO6. The van der Waals surface area contributed by atoms with Gasteiger partial charge < -0.3 is 19.1 Å². The van der Waals surface area contributed by atoms with Gasteiger partial charge in [0.25, 0.3) is 0 Å². The van der Waals surface area contributed by atoms with Crippen LogP contribution in [0.25, 0.3) is 0 Å². The highest BCUT2D eigenvalue weighted by molar-refractivity contribution is 5.86. The normalized spacial score (nSPS) is 42.4. The molecule has 2 heterocycles. The molecule has 0 radical (unpaired) electrons. The molecule has 44 heavy (non-hydrogen) atoms. The molecule has 5 fully saturated rings. The number of carbonyl (C=O) groups excluding carboxylic acids is 3. The van der Waals surface area contributed by atoms with Crippen molar-refractivity contribution in [3.05, 3.63) is 35.9 Å². The molecule has 1 spiro atoms. The zero-order valence-electron chi connectivity index (χ0n) is 27.9. The minimum absolute atomic E-state index is 0.0203. The van der Waals surface area contributed by atoms with Crippen LogP contribution in [0.1, 0.15) is 98.5 Å². The highest BCUT2D eigenvalue weighted by atomic mass is 16.6. The number of carbonyl (C=O) groups is 3. The van der Waals surface area contributed by atoms with E-state index in [0.717, 1.165) is 37.7 Å². The molecule has 0 aromatic heterocycles. The first-order chi connectivity index (χ1) is 20.8. The number of benzene rings is 1. The lowest BCUT2D eigenvalue weighted by molar-refractivity contribution is -0.218. The summed E-state index contributed by atoms with van der Waals surface area (Å²) in [6, 6.07) is 9.85. The zero-order chi connectivity index (χ0) is 31.7. The van der Waals surface area contributed by atoms with Gasteiger partial charge in [-0.25, -0.2) is 4.79 Å². The van der Waals surface area contributed by atoms with E-state index in [0.29, 0.717) is 42.9 Å². The molecule has 0 bridgehead atoms. The Balaban J connectivity index is 1.27. The number of Topliss-reactive ketones (excluding diaryl/α,β-unsaturated/α-hetero) is 1. The number of esters is 1. The smallest absolute Gasteiger partial charge is 0.410 e. The van der Waals surface area contributed by atoms with Gasteiger partial charge in [-0.1, -0.05) is 71.9 Å². The molecule has 10 atom stereocenters. The van der Waals surface area contributed by atoms with E-state index >= 15 is 0 Å². The maximum Gasteiger partial charge on any atom is 0.410 e. The van der Waals surface area contributed by atoms with Crippen molar-refractivity contribution < 1.29 is 28.6 Å². The lowest BCUT2D eigenvalue weighted by Crippen LogP contribution is -2.62. The molecule has 7 heteroatoms. The van der Waals surface area contributed by atoms with Crippen molar-refractivity contribution in [2.75, 3.05) is 13.7 Å². The Hall–Kier alpha value is -2.41. The van der Waals surface area contributed by atoms with Crippen LogP contribution in [-0.4, -0.2) is 54.1 Å². The molecular weight excluding hydrogens is 554 g/mol. The Morgan fingerprint density at radius 1 is 1.05 bits per heavy atom. The molecule has 3 saturated carbocycles. The van der Waals surface area contributed by atoms with Gasteiger partial charge >= 0.3 is 12.1 Å². The average molecular weight is 608 g/mol. The standard InChI is InChI=1S/C37H53NO6/c1-23-19-29-32(38(21-23)33(41)43-22-25-11-9-8-10-12-25)24(2)37(44-29)18-15-27-26-13-14-30(39)35(5,17-16-31(40)42-7)28(26)20-36(27,6)34(37,3)4/h8-12,23-24,26-29,32H,13-22H2,1-7H3/t23-,24+,26-,27-,28-,29+,32-,35+,36-,37+/m0/s1. The number of likely N-dealkylation sites (tertiary alicyclic amines) is 1. The van der Waals surface area contributed by atoms with Gasteiger partial charge in [-0.15, -0.1) is 0 Å². The summed E-state index contributed by atoms with van der Waals surface area (Å²) in [4.78, 5) is 41.4. The number of piperidine rings is 1. The van der Waals surface area contributed by atoms with Crippen LogP contribution in [0, 0.1) is 45.8 Å². The van der Waals surface area contributed by atoms with E-state index in [1.165, 1.54) is 7.11 Å². The van der Waals surface area contributed by atoms with Crippen molar-refractivity contribution in [3.8, 4) is 0 Å². The molecule has 1 aromatic rings. The average Bonchev–Trinajstić information content (AvgIpc) is 3.47. The molecule has 6 rings (SSSR count). The number of fused-ring (bicyclic) bond motifs is 4. The third-order valence-corrected chi connectivity index (χ3v) is 14.0. The Labute approximate surface area is 263 Å². The lowest BCUT2D eigenvalue weighted by Gasteiger charge is -2.62. The van der Waals surface area contributed by atoms with Gasteiger partial charge in [0.15, 0.2) is 0 Å². The first kappa shape index (κ1) is 31.6. The maximum atomic E-state index is 13.7. The van der Waals surface area contributed by atoms with Crippen molar-refractivity contribution in [2.45, 2.75) is 117 Å². The number of hydrogen-bond acceptors (Lipinski definition) is 6. The zero-order valence-corrected chi connectivity index (χ0v) is 27.9. The fraction of sp³-hybridized carbons (Fsp3) is 0.757. The quantitative estimate of drug-likeness (QED) is 0.329. The summed E-state index contributed by atoms with van der Waals surface area (Å²) in [6.07, 6.45) is 6.07. The van der Waals surface area contributed by atoms with Crippen LogP contribution in [0.4, 0.5) is 4.79 Å². The Kier molecular flexibility index (Phi) is 7.99. The summed E-state index contributed by atoms with van der Waals surface area (Å²) in [5, 5.41) is 0. The topological polar surface area (TPSA) is 82.1 Å². The van der Waals surface area contributed by atoms with Crippen LogP contribution < -0.4 is 0 Å². The second-order valence-electron chi connectivity index (χ2n) is 16.0. The van der Waals surface area contributed by atoms with Gasteiger partial charge in [-0.2, -0.15) is 0 Å². The number of hydrogen-bond donors (Lipinski definition) is 0. The third kappa shape index (κ3) is 4.57. The van der Waals surface area contributed by atoms with Crippen LogP contribution in [0.5, 0.6) is 0 Å². The number of nitrogens with zero attached hydrogens (tertiary/aromatic N) is 1. The molecule has 0 unspecified atom stereocenters. The van der Waals surface area contributed by atoms with Crippen LogP contribution in [0.3, 0.4) is 0 Å². The molecule has 5 aliphatic rings. The molecule has 2 aliphatic heterocycles.